The molecular formula is C15H27N6NaO11P2. The fraction of sp³-hybridized carbons (Fsp3) is 0.667. The van der Waals surface area contributed by atoms with Crippen molar-refractivity contribution in [2.45, 2.75) is 24.5 Å². The molecule has 6 N–H and O–H groups in total. The van der Waals surface area contributed by atoms with Crippen LogP contribution < -0.4 is 45.1 Å². The summed E-state index contributed by atoms with van der Waals surface area (Å²) >= 11 is 0. The van der Waals surface area contributed by atoms with Crippen molar-refractivity contribution in [1.82, 2.24) is 19.5 Å². The van der Waals surface area contributed by atoms with Gasteiger partial charge in [0.1, 0.15) is 36.7 Å². The minimum Gasteiger partial charge on any atom is -0.756 e. The number of quaternary nitrogens is 1. The van der Waals surface area contributed by atoms with Crippen molar-refractivity contribution < 1.29 is 86.7 Å². The Morgan fingerprint density at radius 2 is 1.83 bits per heavy atom. The number of nitrogen functional groups attached to an aromatic ring is 1. The summed E-state index contributed by atoms with van der Waals surface area (Å²) in [6.07, 6.45) is -3.40. The molecule has 1 fully saturated rings. The van der Waals surface area contributed by atoms with E-state index in [0.717, 1.165) is 17.4 Å². The molecule has 0 spiro atoms. The van der Waals surface area contributed by atoms with Gasteiger partial charge in [-0.3, -0.25) is 13.7 Å². The van der Waals surface area contributed by atoms with Crippen molar-refractivity contribution in [3.8, 4) is 0 Å². The molecule has 20 heteroatoms. The number of phosphoric acid groups is 2. The molecule has 2 unspecified atom stereocenters. The summed E-state index contributed by atoms with van der Waals surface area (Å²) in [5.74, 6) is 0.0714. The molecule has 0 aliphatic carbocycles. The van der Waals surface area contributed by atoms with E-state index in [1.165, 1.54) is 10.9 Å². The van der Waals surface area contributed by atoms with E-state index >= 15 is 0 Å². The number of nitrogens with zero attached hydrogens (tertiary/aromatic N) is 5. The van der Waals surface area contributed by atoms with Crippen LogP contribution in [-0.2, 0) is 22.7 Å². The number of aliphatic hydroxyl groups is 3. The third kappa shape index (κ3) is 9.66. The van der Waals surface area contributed by atoms with E-state index in [1.54, 1.807) is 0 Å². The standard InChI is InChI=1S/C10H15N5O10P2.C5H14NO.Na/c11-8-5-9(13-2-12-8)15(3-14-5)10-7(17)6(16)4(24-10)1-23-27(21,22)25-26(18,19)20;1-6(2,3)4-5-7;/h2-4,6-7,10,16-17H,1H2,(H,21,22)(H2,11,12,13)(H2,18,19,20);7H,4-5H2,1-3H3;/q;2*+1/p-2/t4-,6-,7-,10-;;/m1../s1. The van der Waals surface area contributed by atoms with E-state index in [2.05, 4.69) is 44.9 Å². The second kappa shape index (κ2) is 12.8. The Morgan fingerprint density at radius 1 is 1.20 bits per heavy atom. The molecule has 0 aromatic carbocycles. The molecule has 0 saturated carbocycles. The second-order valence-corrected chi connectivity index (χ2v) is 10.9. The van der Waals surface area contributed by atoms with E-state index in [-0.39, 0.29) is 53.1 Å². The predicted molar refractivity (Wildman–Crippen MR) is 110 cm³/mol. The first-order valence-electron chi connectivity index (χ1n) is 9.61. The number of hydrogen-bond acceptors (Lipinski definition) is 14. The number of rotatable bonds is 8. The molecule has 2 aromatic rings. The zero-order valence-corrected chi connectivity index (χ0v) is 23.2. The van der Waals surface area contributed by atoms with Crippen LogP contribution in [-0.4, -0.2) is 103 Å². The summed E-state index contributed by atoms with van der Waals surface area (Å²) in [7, 11) is -4.89. The van der Waals surface area contributed by atoms with E-state index in [0.29, 0.717) is 0 Å². The fourth-order valence-electron chi connectivity index (χ4n) is 2.77. The number of ether oxygens (including phenoxy) is 1. The fourth-order valence-corrected chi connectivity index (χ4v) is 4.30. The van der Waals surface area contributed by atoms with Gasteiger partial charge in [-0.25, -0.2) is 19.3 Å². The van der Waals surface area contributed by atoms with Crippen LogP contribution in [0.15, 0.2) is 12.7 Å². The number of aromatic nitrogens is 4. The maximum absolute atomic E-state index is 11.3. The summed E-state index contributed by atoms with van der Waals surface area (Å²) in [6.45, 7) is 0.211. The van der Waals surface area contributed by atoms with Crippen LogP contribution in [0.25, 0.3) is 11.2 Å². The van der Waals surface area contributed by atoms with Gasteiger partial charge < -0.3 is 49.5 Å². The van der Waals surface area contributed by atoms with Gasteiger partial charge in [0.15, 0.2) is 17.7 Å². The Hall–Kier alpha value is -0.590. The van der Waals surface area contributed by atoms with E-state index in [4.69, 9.17) is 20.5 Å². The number of anilines is 1. The van der Waals surface area contributed by atoms with Gasteiger partial charge in [0, 0.05) is 0 Å². The van der Waals surface area contributed by atoms with Crippen molar-refractivity contribution in [3.63, 3.8) is 0 Å². The minimum atomic E-state index is -5.60. The molecule has 35 heavy (non-hydrogen) atoms. The summed E-state index contributed by atoms with van der Waals surface area (Å²) in [4.78, 5) is 41.9. The zero-order valence-electron chi connectivity index (χ0n) is 19.4. The average Bonchev–Trinajstić information content (AvgIpc) is 3.21. The second-order valence-electron chi connectivity index (χ2n) is 8.16. The van der Waals surface area contributed by atoms with Crippen molar-refractivity contribution >= 4 is 32.6 Å². The van der Waals surface area contributed by atoms with Gasteiger partial charge >= 0.3 is 29.6 Å². The SMILES string of the molecule is C[N+](C)(C)CCO.Nc1ncnc2c1ncn2[C@@H]1O[C@H](COP(=O)([O-])OP(=O)([O-])O)[C@@H](O)[C@H]1O.[Na+]. The molecule has 1 aliphatic rings. The maximum atomic E-state index is 11.3. The van der Waals surface area contributed by atoms with Crippen LogP contribution in [0.2, 0.25) is 0 Å². The summed E-state index contributed by atoms with van der Waals surface area (Å²) in [6, 6.07) is 0. The Bertz CT molecular complexity index is 1060. The first kappa shape index (κ1) is 32.4. The molecule has 17 nitrogen and oxygen atoms in total. The number of nitrogens with two attached hydrogens (primary N) is 1. The van der Waals surface area contributed by atoms with Crippen LogP contribution >= 0.6 is 15.6 Å². The van der Waals surface area contributed by atoms with E-state index in [9.17, 15) is 29.1 Å². The predicted octanol–water partition coefficient (Wildman–Crippen LogP) is -6.32. The Kier molecular flexibility index (Phi) is 11.8. The van der Waals surface area contributed by atoms with E-state index in [1.807, 2.05) is 0 Å². The Labute approximate surface area is 222 Å². The van der Waals surface area contributed by atoms with Gasteiger partial charge in [-0.05, 0) is 0 Å². The number of hydrogen-bond donors (Lipinski definition) is 5. The molecule has 0 bridgehead atoms. The normalized spacial score (nSPS) is 25.7. The number of fused-ring (bicyclic) bond motifs is 1. The monoisotopic (exact) mass is 552 g/mol. The summed E-state index contributed by atoms with van der Waals surface area (Å²) < 4.78 is 36.9. The first-order chi connectivity index (χ1) is 15.5. The van der Waals surface area contributed by atoms with Crippen LogP contribution in [0.1, 0.15) is 6.23 Å². The van der Waals surface area contributed by atoms with Crippen molar-refractivity contribution in [3.05, 3.63) is 12.7 Å². The molecule has 6 atom stereocenters. The minimum absolute atomic E-state index is 0. The maximum Gasteiger partial charge on any atom is 1.00 e. The Balaban J connectivity index is 0.000000672. The van der Waals surface area contributed by atoms with E-state index < -0.39 is 46.8 Å². The molecular weight excluding hydrogens is 525 g/mol. The molecule has 2 aromatic heterocycles. The number of likely N-dealkylation sites (N-methyl/N-ethyl adjacent to an activating group) is 1. The van der Waals surface area contributed by atoms with Gasteiger partial charge in [0.05, 0.1) is 40.7 Å². The zero-order chi connectivity index (χ0) is 25.9. The van der Waals surface area contributed by atoms with Gasteiger partial charge in [0.2, 0.25) is 0 Å². The van der Waals surface area contributed by atoms with Gasteiger partial charge in [0.25, 0.3) is 15.6 Å². The van der Waals surface area contributed by atoms with Gasteiger partial charge in [-0.1, -0.05) is 0 Å². The Morgan fingerprint density at radius 3 is 2.34 bits per heavy atom. The number of aliphatic hydroxyl groups excluding tert-OH is 3. The third-order valence-corrected chi connectivity index (χ3v) is 6.46. The van der Waals surface area contributed by atoms with Crippen molar-refractivity contribution in [1.29, 1.82) is 0 Å². The number of phosphoric ester groups is 1. The average molecular weight is 552 g/mol. The third-order valence-electron chi connectivity index (χ3n) is 4.37. The smallest absolute Gasteiger partial charge is 0.756 e. The van der Waals surface area contributed by atoms with Gasteiger partial charge in [-0.15, -0.1) is 0 Å². The first-order valence-corrected chi connectivity index (χ1v) is 12.6. The van der Waals surface area contributed by atoms with Gasteiger partial charge in [-0.2, -0.15) is 0 Å². The molecule has 0 radical (unpaired) electrons. The van der Waals surface area contributed by atoms with Crippen molar-refractivity contribution in [2.75, 3.05) is 46.6 Å². The quantitative estimate of drug-likeness (QED) is 0.116. The van der Waals surface area contributed by atoms with Crippen LogP contribution in [0.5, 0.6) is 0 Å². The topological polar surface area (TPSA) is 258 Å². The molecule has 1 aliphatic heterocycles. The van der Waals surface area contributed by atoms with Crippen LogP contribution in [0.3, 0.4) is 0 Å². The molecule has 3 heterocycles. The largest absolute Gasteiger partial charge is 1.00 e. The molecule has 1 saturated heterocycles. The number of imidazole rings is 1. The molecule has 0 amide bonds. The summed E-state index contributed by atoms with van der Waals surface area (Å²) in [5, 5.41) is 28.6. The molecule has 194 valence electrons. The van der Waals surface area contributed by atoms with Crippen LogP contribution in [0, 0.1) is 0 Å². The molecule has 3 rings (SSSR count). The van der Waals surface area contributed by atoms with Crippen LogP contribution in [0.4, 0.5) is 5.82 Å². The van der Waals surface area contributed by atoms with Crippen molar-refractivity contribution in [2.24, 2.45) is 0 Å². The summed E-state index contributed by atoms with van der Waals surface area (Å²) in [5.41, 5.74) is 6.06.